The molecule has 0 heterocycles. The van der Waals surface area contributed by atoms with Gasteiger partial charge in [-0.15, -0.1) is 0 Å². The molecule has 0 N–H and O–H groups in total. The van der Waals surface area contributed by atoms with Crippen LogP contribution in [0.3, 0.4) is 0 Å². The number of hydrogen-bond acceptors (Lipinski definition) is 2. The maximum atomic E-state index is 12.4. The fourth-order valence-corrected chi connectivity index (χ4v) is 0.752. The van der Waals surface area contributed by atoms with Crippen molar-refractivity contribution < 1.29 is 9.23 Å². The van der Waals surface area contributed by atoms with Crippen LogP contribution in [0.5, 0.6) is 0 Å². The van der Waals surface area contributed by atoms with Crippen molar-refractivity contribution in [2.45, 2.75) is 13.5 Å². The Morgan fingerprint density at radius 3 is 2.67 bits per heavy atom. The zero-order valence-electron chi connectivity index (χ0n) is 6.75. The normalized spacial score (nSPS) is 10.5. The molecule has 1 rings (SSSR count). The van der Waals surface area contributed by atoms with E-state index in [0.29, 0.717) is 6.61 Å². The average Bonchev–Trinajstić information content (AvgIpc) is 2.09. The van der Waals surface area contributed by atoms with E-state index in [9.17, 15) is 4.39 Å². The summed E-state index contributed by atoms with van der Waals surface area (Å²) in [6.07, 6.45) is 2.48. The van der Waals surface area contributed by atoms with Gasteiger partial charge in [0.15, 0.2) is 0 Å². The fourth-order valence-electron chi connectivity index (χ4n) is 0.752. The smallest absolute Gasteiger partial charge is 0.142 e. The third kappa shape index (κ3) is 2.70. The first-order valence-corrected chi connectivity index (χ1v) is 3.56. The quantitative estimate of drug-likeness (QED) is 0.498. The number of hydrogen-bond donors (Lipinski definition) is 0. The summed E-state index contributed by atoms with van der Waals surface area (Å²) in [6.45, 7) is 1.99. The van der Waals surface area contributed by atoms with Gasteiger partial charge in [0, 0.05) is 0 Å². The van der Waals surface area contributed by atoms with Crippen LogP contribution in [0.4, 0.5) is 4.39 Å². The molecule has 1 aromatic rings. The summed E-state index contributed by atoms with van der Waals surface area (Å²) in [5.41, 5.74) is 0.885. The lowest BCUT2D eigenvalue weighted by Crippen LogP contribution is -1.86. The summed E-state index contributed by atoms with van der Waals surface area (Å²) in [6, 6.07) is 6.08. The van der Waals surface area contributed by atoms with Crippen LogP contribution >= 0.6 is 0 Å². The predicted molar refractivity (Wildman–Crippen MR) is 44.3 cm³/mol. The van der Waals surface area contributed by atoms with Crippen LogP contribution in [0.25, 0.3) is 0 Å². The van der Waals surface area contributed by atoms with Gasteiger partial charge in [0.2, 0.25) is 0 Å². The lowest BCUT2D eigenvalue weighted by molar-refractivity contribution is 0.132. The lowest BCUT2D eigenvalue weighted by atomic mass is 10.2. The monoisotopic (exact) mass is 166 g/mol. The van der Waals surface area contributed by atoms with Crippen LogP contribution in [-0.4, -0.2) is 6.21 Å². The Bertz CT molecular complexity index is 256. The van der Waals surface area contributed by atoms with Crippen LogP contribution in [0, 0.1) is 5.82 Å². The van der Waals surface area contributed by atoms with Crippen molar-refractivity contribution in [2.75, 3.05) is 0 Å². The van der Waals surface area contributed by atoms with Gasteiger partial charge in [-0.05, 0) is 24.6 Å². The molecule has 1 aromatic carbocycles. The Hall–Kier alpha value is -1.38. The minimum Gasteiger partial charge on any atom is -0.391 e. The second kappa shape index (κ2) is 4.49. The molecule has 2 nitrogen and oxygen atoms in total. The third-order valence-electron chi connectivity index (χ3n) is 1.30. The first kappa shape index (κ1) is 8.71. The predicted octanol–water partition coefficient (Wildman–Crippen LogP) is 2.23. The van der Waals surface area contributed by atoms with Crippen LogP contribution in [-0.2, 0) is 11.4 Å². The minimum absolute atomic E-state index is 0.246. The van der Waals surface area contributed by atoms with Gasteiger partial charge in [0.25, 0.3) is 0 Å². The van der Waals surface area contributed by atoms with Crippen LogP contribution < -0.4 is 0 Å². The molecule has 0 fully saturated rings. The van der Waals surface area contributed by atoms with Crippen molar-refractivity contribution in [3.05, 3.63) is 35.6 Å². The number of halogens is 1. The van der Waals surface area contributed by atoms with E-state index in [-0.39, 0.29) is 5.82 Å². The summed E-state index contributed by atoms with van der Waals surface area (Å²) in [4.78, 5) is 4.80. The average molecular weight is 166 g/mol. The van der Waals surface area contributed by atoms with Gasteiger partial charge in [-0.25, -0.2) is 4.39 Å². The van der Waals surface area contributed by atoms with Gasteiger partial charge >= 0.3 is 0 Å². The SMILES string of the molecule is C/[C]=N\OCc1ccc(F)cc1. The van der Waals surface area contributed by atoms with E-state index in [1.807, 2.05) is 0 Å². The molecular weight excluding hydrogens is 157 g/mol. The maximum Gasteiger partial charge on any atom is 0.142 e. The molecule has 0 unspecified atom stereocenters. The van der Waals surface area contributed by atoms with Gasteiger partial charge < -0.3 is 4.84 Å². The molecule has 0 aliphatic rings. The van der Waals surface area contributed by atoms with Gasteiger partial charge in [0.1, 0.15) is 18.6 Å². The van der Waals surface area contributed by atoms with Gasteiger partial charge in [-0.2, -0.15) is 0 Å². The second-order valence-electron chi connectivity index (χ2n) is 2.21. The Morgan fingerprint density at radius 1 is 1.42 bits per heavy atom. The molecule has 0 saturated heterocycles. The highest BCUT2D eigenvalue weighted by atomic mass is 19.1. The molecule has 0 atom stereocenters. The van der Waals surface area contributed by atoms with E-state index in [1.165, 1.54) is 12.1 Å². The van der Waals surface area contributed by atoms with E-state index in [0.717, 1.165) is 5.56 Å². The molecule has 0 saturated carbocycles. The van der Waals surface area contributed by atoms with Crippen molar-refractivity contribution in [2.24, 2.45) is 5.16 Å². The molecule has 0 aliphatic carbocycles. The van der Waals surface area contributed by atoms with Crippen molar-refractivity contribution in [3.8, 4) is 0 Å². The summed E-state index contributed by atoms with van der Waals surface area (Å²) < 4.78 is 12.4. The summed E-state index contributed by atoms with van der Waals surface area (Å²) >= 11 is 0. The highest BCUT2D eigenvalue weighted by Crippen LogP contribution is 2.03. The van der Waals surface area contributed by atoms with E-state index in [1.54, 1.807) is 19.1 Å². The summed E-state index contributed by atoms with van der Waals surface area (Å²) in [5.74, 6) is -0.246. The molecule has 0 aliphatic heterocycles. The van der Waals surface area contributed by atoms with E-state index < -0.39 is 0 Å². The first-order valence-electron chi connectivity index (χ1n) is 3.56. The molecule has 0 aromatic heterocycles. The van der Waals surface area contributed by atoms with E-state index >= 15 is 0 Å². The number of benzene rings is 1. The van der Waals surface area contributed by atoms with Gasteiger partial charge in [-0.3, -0.25) is 0 Å². The Labute approximate surface area is 70.7 Å². The highest BCUT2D eigenvalue weighted by molar-refractivity contribution is 5.52. The molecule has 3 heteroatoms. The first-order chi connectivity index (χ1) is 5.83. The van der Waals surface area contributed by atoms with Crippen molar-refractivity contribution in [3.63, 3.8) is 0 Å². The summed E-state index contributed by atoms with van der Waals surface area (Å²) in [5, 5.41) is 3.45. The van der Waals surface area contributed by atoms with Gasteiger partial charge in [0.05, 0.1) is 0 Å². The maximum absolute atomic E-state index is 12.4. The fraction of sp³-hybridized carbons (Fsp3) is 0.222. The Balaban J connectivity index is 2.47. The van der Waals surface area contributed by atoms with Crippen LogP contribution in [0.2, 0.25) is 0 Å². The topological polar surface area (TPSA) is 21.6 Å². The number of nitrogens with zero attached hydrogens (tertiary/aromatic N) is 1. The standard InChI is InChI=1S/C9H9FNO/c1-2-11-12-7-8-3-5-9(10)6-4-8/h3-6H,7H2,1H3. The minimum atomic E-state index is -0.246. The second-order valence-corrected chi connectivity index (χ2v) is 2.21. The molecule has 0 amide bonds. The zero-order valence-corrected chi connectivity index (χ0v) is 6.75. The molecule has 1 radical (unpaired) electrons. The zero-order chi connectivity index (χ0) is 8.81. The van der Waals surface area contributed by atoms with Crippen LogP contribution in [0.1, 0.15) is 12.5 Å². The Kier molecular flexibility index (Phi) is 3.26. The largest absolute Gasteiger partial charge is 0.391 e. The lowest BCUT2D eigenvalue weighted by Gasteiger charge is -1.97. The van der Waals surface area contributed by atoms with Gasteiger partial charge in [-0.1, -0.05) is 17.3 Å². The molecule has 63 valence electrons. The summed E-state index contributed by atoms with van der Waals surface area (Å²) in [7, 11) is 0. The molecule has 12 heavy (non-hydrogen) atoms. The third-order valence-corrected chi connectivity index (χ3v) is 1.30. The van der Waals surface area contributed by atoms with Crippen molar-refractivity contribution in [1.29, 1.82) is 0 Å². The Morgan fingerprint density at radius 2 is 2.08 bits per heavy atom. The molecule has 0 bridgehead atoms. The van der Waals surface area contributed by atoms with Crippen molar-refractivity contribution in [1.82, 2.24) is 0 Å². The van der Waals surface area contributed by atoms with E-state index in [2.05, 4.69) is 11.4 Å². The number of rotatable bonds is 3. The van der Waals surface area contributed by atoms with Crippen LogP contribution in [0.15, 0.2) is 29.4 Å². The van der Waals surface area contributed by atoms with E-state index in [4.69, 9.17) is 4.84 Å². The molecule has 0 spiro atoms. The highest BCUT2D eigenvalue weighted by Gasteiger charge is 1.92. The molecular formula is C9H9FNO. The van der Waals surface area contributed by atoms with Crippen molar-refractivity contribution >= 4 is 6.21 Å².